The van der Waals surface area contributed by atoms with Gasteiger partial charge < -0.3 is 0 Å². The fraction of sp³-hybridized carbons (Fsp3) is 0.400. The van der Waals surface area contributed by atoms with Crippen LogP contribution in [0.2, 0.25) is 0 Å². The standard InChI is InChI=1S/C50H54/c1-7-34-13-35(8-2)18-43(17-34)46-23-40-16-41(24-46)28-49(27-40,31-46)50-29-42-25-47(32-50,44-19-36(9-3)14-37(10-4)20-44)30-48(26-42,33-50)45-21-38(11-5)15-39(12-6)22-45/h7-15,17-22,40-42H,1-6,16,23-33H2. The fourth-order valence-electron chi connectivity index (χ4n) is 14.5. The van der Waals surface area contributed by atoms with E-state index in [2.05, 4.69) is 94.1 Å². The number of hydrogen-bond donors (Lipinski definition) is 0. The van der Waals surface area contributed by atoms with E-state index in [1.165, 1.54) is 110 Å². The van der Waals surface area contributed by atoms with Crippen molar-refractivity contribution >= 4 is 36.5 Å². The lowest BCUT2D eigenvalue weighted by molar-refractivity contribution is -0.218. The van der Waals surface area contributed by atoms with E-state index in [1.807, 2.05) is 36.5 Å². The van der Waals surface area contributed by atoms with Gasteiger partial charge in [0.05, 0.1) is 0 Å². The van der Waals surface area contributed by atoms with Gasteiger partial charge >= 0.3 is 0 Å². The molecular weight excluding hydrogens is 601 g/mol. The predicted octanol–water partition coefficient (Wildman–Crippen LogP) is 13.2. The van der Waals surface area contributed by atoms with Crippen molar-refractivity contribution in [2.24, 2.45) is 28.6 Å². The number of hydrogen-bond acceptors (Lipinski definition) is 0. The van der Waals surface area contributed by atoms with Gasteiger partial charge in [-0.2, -0.15) is 0 Å². The van der Waals surface area contributed by atoms with Crippen LogP contribution >= 0.6 is 0 Å². The van der Waals surface area contributed by atoms with Crippen molar-refractivity contribution in [3.63, 3.8) is 0 Å². The summed E-state index contributed by atoms with van der Waals surface area (Å²) in [5.74, 6) is 2.37. The van der Waals surface area contributed by atoms with Gasteiger partial charge in [-0.05, 0) is 190 Å². The third-order valence-corrected chi connectivity index (χ3v) is 15.4. The van der Waals surface area contributed by atoms with Crippen molar-refractivity contribution in [2.75, 3.05) is 0 Å². The second-order valence-electron chi connectivity index (χ2n) is 18.3. The van der Waals surface area contributed by atoms with E-state index in [9.17, 15) is 0 Å². The van der Waals surface area contributed by atoms with E-state index in [0.29, 0.717) is 10.8 Å². The molecule has 8 fully saturated rings. The molecule has 0 nitrogen and oxygen atoms in total. The third-order valence-electron chi connectivity index (χ3n) is 15.4. The van der Waals surface area contributed by atoms with Crippen molar-refractivity contribution in [3.05, 3.63) is 144 Å². The molecule has 3 aromatic carbocycles. The fourth-order valence-corrected chi connectivity index (χ4v) is 14.5. The minimum Gasteiger partial charge on any atom is -0.0985 e. The van der Waals surface area contributed by atoms with Gasteiger partial charge in [-0.25, -0.2) is 0 Å². The highest BCUT2D eigenvalue weighted by molar-refractivity contribution is 5.62. The molecule has 0 saturated heterocycles. The first-order valence-electron chi connectivity index (χ1n) is 19.4. The number of rotatable bonds is 10. The molecule has 0 amide bonds. The lowest BCUT2D eigenvalue weighted by Gasteiger charge is -2.76. The first-order valence-corrected chi connectivity index (χ1v) is 19.4. The molecule has 0 aliphatic heterocycles. The molecule has 8 bridgehead atoms. The molecule has 8 saturated carbocycles. The Kier molecular flexibility index (Phi) is 7.08. The summed E-state index contributed by atoms with van der Waals surface area (Å²) in [4.78, 5) is 0. The van der Waals surface area contributed by atoms with Crippen molar-refractivity contribution in [1.29, 1.82) is 0 Å². The third kappa shape index (κ3) is 4.56. The van der Waals surface area contributed by atoms with E-state index in [0.717, 1.165) is 17.8 Å². The Labute approximate surface area is 301 Å². The maximum Gasteiger partial charge on any atom is -0.00299 e. The van der Waals surface area contributed by atoms with Crippen molar-refractivity contribution in [1.82, 2.24) is 0 Å². The monoisotopic (exact) mass is 654 g/mol. The molecule has 0 heterocycles. The van der Waals surface area contributed by atoms with Gasteiger partial charge in [0.1, 0.15) is 0 Å². The minimum absolute atomic E-state index is 0.143. The topological polar surface area (TPSA) is 0 Å². The largest absolute Gasteiger partial charge is 0.0985 e. The van der Waals surface area contributed by atoms with Gasteiger partial charge in [0.2, 0.25) is 0 Å². The van der Waals surface area contributed by atoms with Crippen LogP contribution in [0.15, 0.2) is 94.1 Å². The summed E-state index contributed by atoms with van der Waals surface area (Å²) in [6.07, 6.45) is 28.5. The average Bonchev–Trinajstić information content (AvgIpc) is 3.13. The highest BCUT2D eigenvalue weighted by atomic mass is 14.8. The Morgan fingerprint density at radius 1 is 0.360 bits per heavy atom. The second kappa shape index (κ2) is 11.0. The van der Waals surface area contributed by atoms with Crippen LogP contribution in [-0.2, 0) is 16.2 Å². The SMILES string of the molecule is C=Cc1cc(C=C)cc(C23CC4CC(C2)CC(C25CC6CC(c7cc(C=C)cc(C=C)c7)(CC(c7cc(C=C)cc(C=C)c7)(C6)C2)C5)(C4)C3)c1. The zero-order chi connectivity index (χ0) is 34.5. The van der Waals surface area contributed by atoms with Crippen molar-refractivity contribution in [3.8, 4) is 0 Å². The summed E-state index contributed by atoms with van der Waals surface area (Å²) >= 11 is 0. The van der Waals surface area contributed by atoms with Crippen LogP contribution < -0.4 is 0 Å². The van der Waals surface area contributed by atoms with Gasteiger partial charge in [-0.3, -0.25) is 0 Å². The van der Waals surface area contributed by atoms with Gasteiger partial charge in [-0.1, -0.05) is 112 Å². The summed E-state index contributed by atoms with van der Waals surface area (Å²) in [6.45, 7) is 25.3. The summed E-state index contributed by atoms with van der Waals surface area (Å²) in [7, 11) is 0. The average molecular weight is 655 g/mol. The Hall–Kier alpha value is -3.90. The van der Waals surface area contributed by atoms with Crippen LogP contribution in [0.1, 0.15) is 127 Å². The van der Waals surface area contributed by atoms with E-state index >= 15 is 0 Å². The molecule has 254 valence electrons. The van der Waals surface area contributed by atoms with Crippen LogP contribution in [0.5, 0.6) is 0 Å². The van der Waals surface area contributed by atoms with Crippen LogP contribution in [0.3, 0.4) is 0 Å². The first kappa shape index (κ1) is 32.0. The lowest BCUT2D eigenvalue weighted by Crippen LogP contribution is -2.68. The molecule has 0 spiro atoms. The molecule has 3 aromatic rings. The highest BCUT2D eigenvalue weighted by Crippen LogP contribution is 2.81. The molecule has 8 aliphatic rings. The number of benzene rings is 3. The highest BCUT2D eigenvalue weighted by Gasteiger charge is 2.72. The zero-order valence-corrected chi connectivity index (χ0v) is 30.1. The lowest BCUT2D eigenvalue weighted by atomic mass is 9.28. The minimum atomic E-state index is 0.143. The molecule has 8 aliphatic carbocycles. The Morgan fingerprint density at radius 2 is 0.680 bits per heavy atom. The zero-order valence-electron chi connectivity index (χ0n) is 30.1. The van der Waals surface area contributed by atoms with Crippen LogP contribution in [-0.4, -0.2) is 0 Å². The Balaban J connectivity index is 1.25. The Morgan fingerprint density at radius 3 is 1.06 bits per heavy atom. The first-order chi connectivity index (χ1) is 24.1. The molecule has 0 heteroatoms. The molecule has 4 atom stereocenters. The normalized spacial score (nSPS) is 37.3. The molecule has 50 heavy (non-hydrogen) atoms. The van der Waals surface area contributed by atoms with E-state index in [4.69, 9.17) is 0 Å². The quantitative estimate of drug-likeness (QED) is 0.204. The maximum atomic E-state index is 4.23. The molecule has 11 rings (SSSR count). The summed E-state index contributed by atoms with van der Waals surface area (Å²) in [6, 6.07) is 21.8. The molecule has 0 radical (unpaired) electrons. The van der Waals surface area contributed by atoms with E-state index in [1.54, 1.807) is 16.7 Å². The van der Waals surface area contributed by atoms with Crippen molar-refractivity contribution in [2.45, 2.75) is 93.3 Å². The maximum absolute atomic E-state index is 4.23. The molecule has 4 unspecified atom stereocenters. The van der Waals surface area contributed by atoms with E-state index in [-0.39, 0.29) is 16.2 Å². The van der Waals surface area contributed by atoms with Gasteiger partial charge in [0.25, 0.3) is 0 Å². The van der Waals surface area contributed by atoms with Gasteiger partial charge in [0, 0.05) is 0 Å². The van der Waals surface area contributed by atoms with Gasteiger partial charge in [0.15, 0.2) is 0 Å². The van der Waals surface area contributed by atoms with Crippen LogP contribution in [0.25, 0.3) is 36.5 Å². The van der Waals surface area contributed by atoms with Crippen molar-refractivity contribution < 1.29 is 0 Å². The van der Waals surface area contributed by atoms with Crippen LogP contribution in [0, 0.1) is 28.6 Å². The predicted molar refractivity (Wildman–Crippen MR) is 216 cm³/mol. The molecular formula is C50H54. The van der Waals surface area contributed by atoms with Crippen LogP contribution in [0.4, 0.5) is 0 Å². The molecule has 0 aromatic heterocycles. The summed E-state index contributed by atoms with van der Waals surface area (Å²) in [5.41, 5.74) is 13.3. The van der Waals surface area contributed by atoms with E-state index < -0.39 is 0 Å². The summed E-state index contributed by atoms with van der Waals surface area (Å²) in [5, 5.41) is 0. The summed E-state index contributed by atoms with van der Waals surface area (Å²) < 4.78 is 0. The second-order valence-corrected chi connectivity index (χ2v) is 18.3. The smallest absolute Gasteiger partial charge is 0.00299 e. The molecule has 0 N–H and O–H groups in total. The van der Waals surface area contributed by atoms with Gasteiger partial charge in [-0.15, -0.1) is 0 Å². The Bertz CT molecular complexity index is 1810.